The molecule has 1 heterocycles. The maximum absolute atomic E-state index is 5.55. The zero-order chi connectivity index (χ0) is 11.1. The zero-order valence-corrected chi connectivity index (χ0v) is 9.92. The molecule has 0 saturated heterocycles. The van der Waals surface area contributed by atoms with Gasteiger partial charge in [-0.25, -0.2) is 0 Å². The lowest BCUT2D eigenvalue weighted by Gasteiger charge is -2.02. The number of aromatic nitrogens is 2. The molecule has 0 bridgehead atoms. The van der Waals surface area contributed by atoms with E-state index in [1.807, 2.05) is 7.05 Å². The second-order valence-electron chi connectivity index (χ2n) is 4.01. The molecule has 0 fully saturated rings. The Labute approximate surface area is 91.5 Å². The molecule has 1 N–H and O–H groups in total. The fraction of sp³-hybridized carbons (Fsp3) is 0.818. The molecular formula is C11H21N3O. The molecule has 1 aromatic heterocycles. The Hall–Kier alpha value is -0.900. The molecule has 4 nitrogen and oxygen atoms in total. The van der Waals surface area contributed by atoms with Crippen LogP contribution in [0.15, 0.2) is 4.42 Å². The van der Waals surface area contributed by atoms with Crippen molar-refractivity contribution < 1.29 is 4.42 Å². The van der Waals surface area contributed by atoms with Crippen molar-refractivity contribution in [1.29, 1.82) is 0 Å². The van der Waals surface area contributed by atoms with Gasteiger partial charge >= 0.3 is 0 Å². The van der Waals surface area contributed by atoms with Crippen LogP contribution >= 0.6 is 0 Å². The first kappa shape index (κ1) is 12.2. The minimum Gasteiger partial charge on any atom is -0.425 e. The second-order valence-corrected chi connectivity index (χ2v) is 4.01. The van der Waals surface area contributed by atoms with Crippen molar-refractivity contribution in [2.45, 2.75) is 39.5 Å². The van der Waals surface area contributed by atoms with Crippen LogP contribution < -0.4 is 5.32 Å². The normalized spacial score (nSPS) is 13.0. The molecule has 0 radical (unpaired) electrons. The van der Waals surface area contributed by atoms with Gasteiger partial charge in [0.1, 0.15) is 0 Å². The van der Waals surface area contributed by atoms with Crippen LogP contribution in [0.4, 0.5) is 0 Å². The molecule has 0 aliphatic rings. The molecule has 0 amide bonds. The minimum absolute atomic E-state index is 0.621. The van der Waals surface area contributed by atoms with Crippen molar-refractivity contribution >= 4 is 0 Å². The van der Waals surface area contributed by atoms with Crippen LogP contribution in [0.5, 0.6) is 0 Å². The predicted octanol–water partition coefficient (Wildman–Crippen LogP) is 1.81. The van der Waals surface area contributed by atoms with Crippen LogP contribution in [0.1, 0.15) is 38.5 Å². The third-order valence-electron chi connectivity index (χ3n) is 2.55. The average molecular weight is 211 g/mol. The van der Waals surface area contributed by atoms with E-state index in [1.54, 1.807) is 0 Å². The van der Waals surface area contributed by atoms with Crippen molar-refractivity contribution in [2.75, 3.05) is 13.6 Å². The van der Waals surface area contributed by atoms with Gasteiger partial charge in [-0.15, -0.1) is 10.2 Å². The predicted molar refractivity (Wildman–Crippen MR) is 59.7 cm³/mol. The summed E-state index contributed by atoms with van der Waals surface area (Å²) in [6, 6.07) is 0. The van der Waals surface area contributed by atoms with Crippen LogP contribution in [0, 0.1) is 5.92 Å². The second kappa shape index (κ2) is 6.56. The first-order chi connectivity index (χ1) is 7.26. The highest BCUT2D eigenvalue weighted by molar-refractivity contribution is 4.83. The summed E-state index contributed by atoms with van der Waals surface area (Å²) in [5.41, 5.74) is 0. The minimum atomic E-state index is 0.621. The average Bonchev–Trinajstić information content (AvgIpc) is 2.66. The Kier molecular flexibility index (Phi) is 5.32. The maximum Gasteiger partial charge on any atom is 0.216 e. The smallest absolute Gasteiger partial charge is 0.216 e. The summed E-state index contributed by atoms with van der Waals surface area (Å²) >= 11 is 0. The van der Waals surface area contributed by atoms with E-state index in [1.165, 1.54) is 0 Å². The number of nitrogens with zero attached hydrogens (tertiary/aromatic N) is 2. The topological polar surface area (TPSA) is 51.0 Å². The van der Waals surface area contributed by atoms with E-state index in [2.05, 4.69) is 29.4 Å². The summed E-state index contributed by atoms with van der Waals surface area (Å²) < 4.78 is 5.55. The van der Waals surface area contributed by atoms with Crippen molar-refractivity contribution in [2.24, 2.45) is 5.92 Å². The lowest BCUT2D eigenvalue weighted by Crippen LogP contribution is -2.08. The Morgan fingerprint density at radius 3 is 2.73 bits per heavy atom. The van der Waals surface area contributed by atoms with Crippen molar-refractivity contribution in [3.05, 3.63) is 11.8 Å². The highest BCUT2D eigenvalue weighted by Crippen LogP contribution is 2.10. The van der Waals surface area contributed by atoms with E-state index in [9.17, 15) is 0 Å². The molecule has 4 heteroatoms. The highest BCUT2D eigenvalue weighted by atomic mass is 16.4. The van der Waals surface area contributed by atoms with Gasteiger partial charge in [0.15, 0.2) is 0 Å². The molecule has 1 aromatic rings. The van der Waals surface area contributed by atoms with E-state index >= 15 is 0 Å². The maximum atomic E-state index is 5.55. The molecule has 1 rings (SSSR count). The van der Waals surface area contributed by atoms with Crippen LogP contribution in [0.2, 0.25) is 0 Å². The van der Waals surface area contributed by atoms with Gasteiger partial charge in [0.2, 0.25) is 11.8 Å². The molecule has 1 atom stereocenters. The summed E-state index contributed by atoms with van der Waals surface area (Å²) in [6.45, 7) is 5.36. The number of hydrogen-bond acceptors (Lipinski definition) is 4. The monoisotopic (exact) mass is 211 g/mol. The zero-order valence-electron chi connectivity index (χ0n) is 9.92. The Morgan fingerprint density at radius 2 is 2.07 bits per heavy atom. The number of aryl methyl sites for hydroxylation is 1. The van der Waals surface area contributed by atoms with E-state index in [0.717, 1.165) is 44.0 Å². The quantitative estimate of drug-likeness (QED) is 0.699. The first-order valence-corrected chi connectivity index (χ1v) is 5.72. The summed E-state index contributed by atoms with van der Waals surface area (Å²) in [7, 11) is 1.95. The summed E-state index contributed by atoms with van der Waals surface area (Å²) in [5, 5.41) is 11.2. The summed E-state index contributed by atoms with van der Waals surface area (Å²) in [6.07, 6.45) is 3.96. The van der Waals surface area contributed by atoms with E-state index < -0.39 is 0 Å². The SMILES string of the molecule is CCC(C)Cc1nnc(CCCNC)o1. The van der Waals surface area contributed by atoms with Gasteiger partial charge < -0.3 is 9.73 Å². The molecule has 0 aromatic carbocycles. The molecular weight excluding hydrogens is 190 g/mol. The molecule has 15 heavy (non-hydrogen) atoms. The molecule has 86 valence electrons. The lowest BCUT2D eigenvalue weighted by atomic mass is 10.1. The number of hydrogen-bond donors (Lipinski definition) is 1. The Bertz CT molecular complexity index is 273. The third-order valence-corrected chi connectivity index (χ3v) is 2.55. The van der Waals surface area contributed by atoms with E-state index in [-0.39, 0.29) is 0 Å². The van der Waals surface area contributed by atoms with E-state index in [4.69, 9.17) is 4.42 Å². The van der Waals surface area contributed by atoms with Gasteiger partial charge in [-0.3, -0.25) is 0 Å². The van der Waals surface area contributed by atoms with Gasteiger partial charge in [0, 0.05) is 12.8 Å². The van der Waals surface area contributed by atoms with Crippen molar-refractivity contribution in [3.63, 3.8) is 0 Å². The van der Waals surface area contributed by atoms with Crippen LogP contribution in [0.25, 0.3) is 0 Å². The fourth-order valence-electron chi connectivity index (χ4n) is 1.33. The van der Waals surface area contributed by atoms with Gasteiger partial charge in [-0.2, -0.15) is 0 Å². The van der Waals surface area contributed by atoms with Crippen LogP contribution in [-0.2, 0) is 12.8 Å². The van der Waals surface area contributed by atoms with Crippen LogP contribution in [0.3, 0.4) is 0 Å². The summed E-state index contributed by atoms with van der Waals surface area (Å²) in [4.78, 5) is 0. The lowest BCUT2D eigenvalue weighted by molar-refractivity contribution is 0.408. The Morgan fingerprint density at radius 1 is 1.33 bits per heavy atom. The number of nitrogens with one attached hydrogen (secondary N) is 1. The third kappa shape index (κ3) is 4.42. The van der Waals surface area contributed by atoms with Crippen molar-refractivity contribution in [1.82, 2.24) is 15.5 Å². The highest BCUT2D eigenvalue weighted by Gasteiger charge is 2.08. The summed E-state index contributed by atoms with van der Waals surface area (Å²) in [5.74, 6) is 2.17. The van der Waals surface area contributed by atoms with Gasteiger partial charge in [0.05, 0.1) is 0 Å². The first-order valence-electron chi connectivity index (χ1n) is 5.72. The van der Waals surface area contributed by atoms with Crippen molar-refractivity contribution in [3.8, 4) is 0 Å². The van der Waals surface area contributed by atoms with Gasteiger partial charge in [0.25, 0.3) is 0 Å². The number of rotatable bonds is 7. The molecule has 1 unspecified atom stereocenters. The molecule has 0 aliphatic heterocycles. The Balaban J connectivity index is 2.35. The standard InChI is InChI=1S/C11H21N3O/c1-4-9(2)8-11-14-13-10(15-11)6-5-7-12-3/h9,12H,4-8H2,1-3H3. The van der Waals surface area contributed by atoms with Gasteiger partial charge in [-0.05, 0) is 25.9 Å². The fourth-order valence-corrected chi connectivity index (χ4v) is 1.33. The van der Waals surface area contributed by atoms with Crippen LogP contribution in [-0.4, -0.2) is 23.8 Å². The van der Waals surface area contributed by atoms with Gasteiger partial charge in [-0.1, -0.05) is 20.3 Å². The molecule has 0 spiro atoms. The molecule has 0 aliphatic carbocycles. The largest absolute Gasteiger partial charge is 0.425 e. The van der Waals surface area contributed by atoms with E-state index in [0.29, 0.717) is 5.92 Å². The molecule has 0 saturated carbocycles.